The van der Waals surface area contributed by atoms with Gasteiger partial charge >= 0.3 is 0 Å². The van der Waals surface area contributed by atoms with Crippen molar-refractivity contribution in [3.63, 3.8) is 0 Å². The van der Waals surface area contributed by atoms with Gasteiger partial charge in [-0.05, 0) is 31.6 Å². The predicted molar refractivity (Wildman–Crippen MR) is 57.7 cm³/mol. The summed E-state index contributed by atoms with van der Waals surface area (Å²) in [4.78, 5) is 6.39. The van der Waals surface area contributed by atoms with Crippen LogP contribution in [-0.4, -0.2) is 37.1 Å². The van der Waals surface area contributed by atoms with Crippen LogP contribution in [-0.2, 0) is 6.42 Å². The number of aromatic nitrogens is 1. The van der Waals surface area contributed by atoms with Crippen molar-refractivity contribution in [2.45, 2.75) is 13.3 Å². The lowest BCUT2D eigenvalue weighted by Crippen LogP contribution is -2.20. The number of likely N-dealkylation sites (N-methyl/N-ethyl adjacent to an activating group) is 1. The topological polar surface area (TPSA) is 25.4 Å². The monoisotopic (exact) mass is 194 g/mol. The Labute approximate surface area is 85.7 Å². The normalized spacial score (nSPS) is 10.6. The molecule has 0 amide bonds. The Morgan fingerprint density at radius 2 is 2.21 bits per heavy atom. The largest absolute Gasteiger partial charge is 0.495 e. The van der Waals surface area contributed by atoms with E-state index in [9.17, 15) is 0 Å². The molecule has 0 saturated carbocycles. The zero-order chi connectivity index (χ0) is 10.4. The highest BCUT2D eigenvalue weighted by atomic mass is 16.5. The van der Waals surface area contributed by atoms with Crippen LogP contribution >= 0.6 is 0 Å². The molecule has 0 N–H and O–H groups in total. The van der Waals surface area contributed by atoms with Crippen molar-refractivity contribution < 1.29 is 4.74 Å². The van der Waals surface area contributed by atoms with Gasteiger partial charge in [-0.15, -0.1) is 0 Å². The molecular formula is C11H18N2O. The van der Waals surface area contributed by atoms with Gasteiger partial charge in [0.2, 0.25) is 0 Å². The fourth-order valence-electron chi connectivity index (χ4n) is 1.19. The summed E-state index contributed by atoms with van der Waals surface area (Å²) in [6.45, 7) is 4.30. The van der Waals surface area contributed by atoms with Crippen LogP contribution in [0.25, 0.3) is 0 Å². The van der Waals surface area contributed by atoms with Gasteiger partial charge in [0, 0.05) is 12.7 Å². The summed E-state index contributed by atoms with van der Waals surface area (Å²) < 4.78 is 5.11. The first-order valence-corrected chi connectivity index (χ1v) is 4.92. The van der Waals surface area contributed by atoms with Crippen LogP contribution in [0, 0.1) is 0 Å². The lowest BCUT2D eigenvalue weighted by atomic mass is 10.2. The molecule has 1 rings (SSSR count). The summed E-state index contributed by atoms with van der Waals surface area (Å²) >= 11 is 0. The predicted octanol–water partition coefficient (Wildman–Crippen LogP) is 1.58. The Balaban J connectivity index is 2.50. The third-order valence-corrected chi connectivity index (χ3v) is 2.33. The Kier molecular flexibility index (Phi) is 4.40. The minimum atomic E-state index is 0.835. The van der Waals surface area contributed by atoms with Crippen LogP contribution < -0.4 is 4.74 Å². The minimum absolute atomic E-state index is 0.835. The standard InChI is InChI=1S/C11H18N2O/c1-4-13(2)6-5-10-7-11(14-3)9-12-8-10/h7-9H,4-6H2,1-3H3. The summed E-state index contributed by atoms with van der Waals surface area (Å²) in [6.07, 6.45) is 4.65. The molecule has 1 aromatic heterocycles. The van der Waals surface area contributed by atoms with Crippen molar-refractivity contribution in [3.8, 4) is 5.75 Å². The van der Waals surface area contributed by atoms with Gasteiger partial charge < -0.3 is 9.64 Å². The fourth-order valence-corrected chi connectivity index (χ4v) is 1.19. The number of methoxy groups -OCH3 is 1. The Morgan fingerprint density at radius 3 is 2.86 bits per heavy atom. The van der Waals surface area contributed by atoms with Crippen molar-refractivity contribution in [1.82, 2.24) is 9.88 Å². The molecule has 0 spiro atoms. The van der Waals surface area contributed by atoms with Crippen molar-refractivity contribution in [3.05, 3.63) is 24.0 Å². The van der Waals surface area contributed by atoms with Gasteiger partial charge in [-0.1, -0.05) is 6.92 Å². The van der Waals surface area contributed by atoms with Crippen molar-refractivity contribution in [2.75, 3.05) is 27.2 Å². The van der Waals surface area contributed by atoms with Crippen LogP contribution in [0.1, 0.15) is 12.5 Å². The second-order valence-electron chi connectivity index (χ2n) is 3.38. The van der Waals surface area contributed by atoms with E-state index in [0.717, 1.165) is 25.3 Å². The number of pyridine rings is 1. The highest BCUT2D eigenvalue weighted by Gasteiger charge is 1.99. The molecule has 0 atom stereocenters. The summed E-state index contributed by atoms with van der Waals surface area (Å²) in [5.74, 6) is 0.835. The van der Waals surface area contributed by atoms with E-state index in [-0.39, 0.29) is 0 Å². The van der Waals surface area contributed by atoms with Crippen LogP contribution in [0.15, 0.2) is 18.5 Å². The molecule has 3 nitrogen and oxygen atoms in total. The van der Waals surface area contributed by atoms with Gasteiger partial charge in [0.1, 0.15) is 5.75 Å². The van der Waals surface area contributed by atoms with Crippen LogP contribution in [0.4, 0.5) is 0 Å². The second kappa shape index (κ2) is 5.60. The maximum absolute atomic E-state index is 5.11. The first-order valence-electron chi connectivity index (χ1n) is 4.92. The Hall–Kier alpha value is -1.09. The molecule has 14 heavy (non-hydrogen) atoms. The Bertz CT molecular complexity index is 276. The minimum Gasteiger partial charge on any atom is -0.495 e. The van der Waals surface area contributed by atoms with E-state index in [1.165, 1.54) is 5.56 Å². The summed E-state index contributed by atoms with van der Waals surface area (Å²) in [5.41, 5.74) is 1.23. The van der Waals surface area contributed by atoms with Gasteiger partial charge in [-0.3, -0.25) is 4.98 Å². The fraction of sp³-hybridized carbons (Fsp3) is 0.545. The maximum atomic E-state index is 5.11. The third-order valence-electron chi connectivity index (χ3n) is 2.33. The van der Waals surface area contributed by atoms with Crippen molar-refractivity contribution in [2.24, 2.45) is 0 Å². The van der Waals surface area contributed by atoms with E-state index >= 15 is 0 Å². The molecule has 0 aromatic carbocycles. The summed E-state index contributed by atoms with van der Waals surface area (Å²) in [7, 11) is 3.78. The summed E-state index contributed by atoms with van der Waals surface area (Å²) in [5, 5.41) is 0. The SMILES string of the molecule is CCN(C)CCc1cncc(OC)c1. The van der Waals surface area contributed by atoms with E-state index in [0.29, 0.717) is 0 Å². The lowest BCUT2D eigenvalue weighted by molar-refractivity contribution is 0.357. The third kappa shape index (κ3) is 3.34. The summed E-state index contributed by atoms with van der Waals surface area (Å²) in [6, 6.07) is 2.04. The molecule has 0 bridgehead atoms. The lowest BCUT2D eigenvalue weighted by Gasteiger charge is -2.13. The number of nitrogens with zero attached hydrogens (tertiary/aromatic N) is 2. The van der Waals surface area contributed by atoms with Gasteiger partial charge in [-0.2, -0.15) is 0 Å². The zero-order valence-electron chi connectivity index (χ0n) is 9.16. The number of hydrogen-bond acceptors (Lipinski definition) is 3. The first kappa shape index (κ1) is 11.0. The van der Waals surface area contributed by atoms with Gasteiger partial charge in [0.05, 0.1) is 13.3 Å². The van der Waals surface area contributed by atoms with E-state index in [4.69, 9.17) is 4.74 Å². The molecule has 1 aromatic rings. The highest BCUT2D eigenvalue weighted by Crippen LogP contribution is 2.10. The van der Waals surface area contributed by atoms with Crippen LogP contribution in [0.5, 0.6) is 5.75 Å². The van der Waals surface area contributed by atoms with Gasteiger partial charge in [0.25, 0.3) is 0 Å². The maximum Gasteiger partial charge on any atom is 0.137 e. The molecule has 0 aliphatic carbocycles. The first-order chi connectivity index (χ1) is 6.76. The van der Waals surface area contributed by atoms with E-state index in [1.54, 1.807) is 13.3 Å². The van der Waals surface area contributed by atoms with Crippen molar-refractivity contribution >= 4 is 0 Å². The highest BCUT2D eigenvalue weighted by molar-refractivity contribution is 5.23. The van der Waals surface area contributed by atoms with E-state index < -0.39 is 0 Å². The molecule has 1 heterocycles. The number of ether oxygens (including phenoxy) is 1. The molecular weight excluding hydrogens is 176 g/mol. The molecule has 0 radical (unpaired) electrons. The number of rotatable bonds is 5. The second-order valence-corrected chi connectivity index (χ2v) is 3.38. The average molecular weight is 194 g/mol. The molecule has 0 aliphatic heterocycles. The zero-order valence-corrected chi connectivity index (χ0v) is 9.16. The van der Waals surface area contributed by atoms with Gasteiger partial charge in [-0.25, -0.2) is 0 Å². The molecule has 3 heteroatoms. The number of hydrogen-bond donors (Lipinski definition) is 0. The van der Waals surface area contributed by atoms with Gasteiger partial charge in [0.15, 0.2) is 0 Å². The molecule has 0 unspecified atom stereocenters. The van der Waals surface area contributed by atoms with Crippen LogP contribution in [0.2, 0.25) is 0 Å². The van der Waals surface area contributed by atoms with Crippen LogP contribution in [0.3, 0.4) is 0 Å². The Morgan fingerprint density at radius 1 is 1.43 bits per heavy atom. The quantitative estimate of drug-likeness (QED) is 0.711. The smallest absolute Gasteiger partial charge is 0.137 e. The van der Waals surface area contributed by atoms with E-state index in [2.05, 4.69) is 23.9 Å². The van der Waals surface area contributed by atoms with E-state index in [1.807, 2.05) is 12.3 Å². The van der Waals surface area contributed by atoms with Crippen molar-refractivity contribution in [1.29, 1.82) is 0 Å². The molecule has 0 saturated heterocycles. The molecule has 78 valence electrons. The molecule has 0 aliphatic rings. The average Bonchev–Trinajstić information content (AvgIpc) is 2.26. The molecule has 0 fully saturated rings.